The number of nitrogens with one attached hydrogen (secondary N) is 1. The summed E-state index contributed by atoms with van der Waals surface area (Å²) in [5.41, 5.74) is 4.39. The van der Waals surface area contributed by atoms with Crippen LogP contribution in [0.25, 0.3) is 22.2 Å². The van der Waals surface area contributed by atoms with Gasteiger partial charge in [-0.1, -0.05) is 31.5 Å². The zero-order valence-electron chi connectivity index (χ0n) is 20.6. The fraction of sp³-hybridized carbons (Fsp3) is 0.276. The Morgan fingerprint density at radius 3 is 2.72 bits per heavy atom. The minimum absolute atomic E-state index is 0.252. The standard InChI is InChI=1S/C29H27N3O3S/c1-4-17-9-11-20-22(16-30)29(36-27(20)13-17)32-28(33)21-15-24(31-23-8-6-5-7-19(21)23)18-10-12-25(34-2)26(14-18)35-3/h5-8,10,12,14-15,17H,4,9,11,13H2,1-3H3,(H,32,33). The van der Waals surface area contributed by atoms with Crippen LogP contribution in [0.15, 0.2) is 48.5 Å². The SMILES string of the molecule is CCC1CCc2c(sc(NC(=O)c3cc(-c4ccc(OC)c(OC)c4)nc4ccccc34)c2C#N)C1. The highest BCUT2D eigenvalue weighted by Crippen LogP contribution is 2.40. The molecule has 0 fully saturated rings. The molecule has 2 aromatic heterocycles. The first kappa shape index (κ1) is 23.8. The number of methoxy groups -OCH3 is 2. The molecule has 0 aliphatic heterocycles. The van der Waals surface area contributed by atoms with E-state index < -0.39 is 0 Å². The lowest BCUT2D eigenvalue weighted by atomic mass is 9.86. The highest BCUT2D eigenvalue weighted by Gasteiger charge is 2.26. The van der Waals surface area contributed by atoms with Crippen molar-refractivity contribution in [2.24, 2.45) is 5.92 Å². The number of pyridine rings is 1. The van der Waals surface area contributed by atoms with E-state index in [1.165, 1.54) is 4.88 Å². The molecule has 0 saturated heterocycles. The maximum absolute atomic E-state index is 13.7. The van der Waals surface area contributed by atoms with Gasteiger partial charge in [0.15, 0.2) is 11.5 Å². The van der Waals surface area contributed by atoms with Gasteiger partial charge in [-0.2, -0.15) is 5.26 Å². The Kier molecular flexibility index (Phi) is 6.62. The van der Waals surface area contributed by atoms with Crippen LogP contribution in [-0.4, -0.2) is 25.1 Å². The number of nitrogens with zero attached hydrogens (tertiary/aromatic N) is 2. The average molecular weight is 498 g/mol. The van der Waals surface area contributed by atoms with Crippen LogP contribution >= 0.6 is 11.3 Å². The summed E-state index contributed by atoms with van der Waals surface area (Å²) in [5.74, 6) is 1.59. The normalized spacial score (nSPS) is 14.7. The number of aromatic nitrogens is 1. The van der Waals surface area contributed by atoms with Gasteiger partial charge >= 0.3 is 0 Å². The molecule has 1 unspecified atom stereocenters. The molecule has 0 saturated carbocycles. The third-order valence-corrected chi connectivity index (χ3v) is 8.09. The molecule has 4 aromatic rings. The van der Waals surface area contributed by atoms with Crippen LogP contribution in [0.5, 0.6) is 11.5 Å². The van der Waals surface area contributed by atoms with Crippen LogP contribution in [0.4, 0.5) is 5.00 Å². The van der Waals surface area contributed by atoms with Crippen LogP contribution in [0.1, 0.15) is 46.1 Å². The number of thiophene rings is 1. The number of rotatable bonds is 6. The zero-order valence-corrected chi connectivity index (χ0v) is 21.4. The third-order valence-electron chi connectivity index (χ3n) is 6.92. The summed E-state index contributed by atoms with van der Waals surface area (Å²) in [6.45, 7) is 2.21. The summed E-state index contributed by atoms with van der Waals surface area (Å²) in [4.78, 5) is 19.7. The van der Waals surface area contributed by atoms with Gasteiger partial charge in [-0.15, -0.1) is 11.3 Å². The molecule has 6 nitrogen and oxygen atoms in total. The van der Waals surface area contributed by atoms with E-state index in [2.05, 4.69) is 18.3 Å². The van der Waals surface area contributed by atoms with Crippen LogP contribution in [0.2, 0.25) is 0 Å². The first-order valence-electron chi connectivity index (χ1n) is 12.0. The number of carbonyl (C=O) groups is 1. The maximum Gasteiger partial charge on any atom is 0.257 e. The number of hydrogen-bond donors (Lipinski definition) is 1. The molecule has 0 spiro atoms. The van der Waals surface area contributed by atoms with Gasteiger partial charge in [0, 0.05) is 15.8 Å². The van der Waals surface area contributed by atoms with Gasteiger partial charge in [0.05, 0.1) is 36.6 Å². The molecule has 1 aliphatic carbocycles. The Morgan fingerprint density at radius 2 is 1.97 bits per heavy atom. The molecule has 2 aromatic carbocycles. The smallest absolute Gasteiger partial charge is 0.257 e. The molecule has 2 heterocycles. The average Bonchev–Trinajstić information content (AvgIpc) is 3.27. The second kappa shape index (κ2) is 10.00. The summed E-state index contributed by atoms with van der Waals surface area (Å²) in [5, 5.41) is 14.4. The number of para-hydroxylation sites is 1. The Hall–Kier alpha value is -3.89. The summed E-state index contributed by atoms with van der Waals surface area (Å²) >= 11 is 1.54. The van der Waals surface area contributed by atoms with Gasteiger partial charge in [-0.3, -0.25) is 4.79 Å². The quantitative estimate of drug-likeness (QED) is 0.324. The Balaban J connectivity index is 1.55. The highest BCUT2D eigenvalue weighted by molar-refractivity contribution is 7.16. The number of anilines is 1. The number of amides is 1. The Labute approximate surface area is 214 Å². The fourth-order valence-electron chi connectivity index (χ4n) is 4.89. The zero-order chi connectivity index (χ0) is 25.2. The summed E-state index contributed by atoms with van der Waals surface area (Å²) < 4.78 is 10.8. The van der Waals surface area contributed by atoms with Crippen LogP contribution in [0.3, 0.4) is 0 Å². The van der Waals surface area contributed by atoms with Crippen molar-refractivity contribution in [3.8, 4) is 28.8 Å². The van der Waals surface area contributed by atoms with Crippen molar-refractivity contribution in [1.82, 2.24) is 4.98 Å². The summed E-state index contributed by atoms with van der Waals surface area (Å²) in [6, 6.07) is 17.3. The van der Waals surface area contributed by atoms with Crippen molar-refractivity contribution in [2.45, 2.75) is 32.6 Å². The number of carbonyl (C=O) groups excluding carboxylic acids is 1. The number of nitriles is 1. The van der Waals surface area contributed by atoms with E-state index in [0.29, 0.717) is 44.8 Å². The first-order valence-corrected chi connectivity index (χ1v) is 12.9. The molecule has 1 amide bonds. The van der Waals surface area contributed by atoms with Crippen molar-refractivity contribution >= 4 is 33.1 Å². The number of ether oxygens (including phenoxy) is 2. The van der Waals surface area contributed by atoms with E-state index in [9.17, 15) is 10.1 Å². The van der Waals surface area contributed by atoms with Crippen molar-refractivity contribution in [1.29, 1.82) is 5.26 Å². The summed E-state index contributed by atoms with van der Waals surface area (Å²) in [6.07, 6.45) is 4.09. The van der Waals surface area contributed by atoms with E-state index in [4.69, 9.17) is 14.5 Å². The third kappa shape index (κ3) is 4.29. The van der Waals surface area contributed by atoms with Gasteiger partial charge in [-0.05, 0) is 61.1 Å². The van der Waals surface area contributed by atoms with E-state index >= 15 is 0 Å². The fourth-order valence-corrected chi connectivity index (χ4v) is 6.19. The maximum atomic E-state index is 13.7. The Morgan fingerprint density at radius 1 is 1.17 bits per heavy atom. The molecule has 1 atom stereocenters. The molecule has 0 radical (unpaired) electrons. The second-order valence-electron chi connectivity index (χ2n) is 8.93. The van der Waals surface area contributed by atoms with E-state index in [-0.39, 0.29) is 5.91 Å². The lowest BCUT2D eigenvalue weighted by Gasteiger charge is -2.20. The topological polar surface area (TPSA) is 84.2 Å². The van der Waals surface area contributed by atoms with Crippen LogP contribution in [0, 0.1) is 17.2 Å². The minimum Gasteiger partial charge on any atom is -0.493 e. The van der Waals surface area contributed by atoms with Crippen LogP contribution in [-0.2, 0) is 12.8 Å². The predicted octanol–water partition coefficient (Wildman–Crippen LogP) is 6.62. The largest absolute Gasteiger partial charge is 0.493 e. The lowest BCUT2D eigenvalue weighted by Crippen LogP contribution is -2.13. The van der Waals surface area contributed by atoms with Gasteiger partial charge < -0.3 is 14.8 Å². The second-order valence-corrected chi connectivity index (χ2v) is 10.0. The van der Waals surface area contributed by atoms with Gasteiger partial charge in [-0.25, -0.2) is 4.98 Å². The van der Waals surface area contributed by atoms with E-state index in [1.807, 2.05) is 42.5 Å². The monoisotopic (exact) mass is 497 g/mol. The van der Waals surface area contributed by atoms with Gasteiger partial charge in [0.2, 0.25) is 0 Å². The van der Waals surface area contributed by atoms with Crippen molar-refractivity contribution < 1.29 is 14.3 Å². The van der Waals surface area contributed by atoms with Crippen LogP contribution < -0.4 is 14.8 Å². The lowest BCUT2D eigenvalue weighted by molar-refractivity contribution is 0.102. The number of benzene rings is 2. The van der Waals surface area contributed by atoms with Gasteiger partial charge in [0.1, 0.15) is 11.1 Å². The molecule has 1 aliphatic rings. The van der Waals surface area contributed by atoms with Crippen molar-refractivity contribution in [3.05, 3.63) is 70.1 Å². The molecule has 5 rings (SSSR count). The Bertz CT molecular complexity index is 1500. The molecule has 36 heavy (non-hydrogen) atoms. The number of fused-ring (bicyclic) bond motifs is 2. The van der Waals surface area contributed by atoms with E-state index in [1.54, 1.807) is 31.6 Å². The molecule has 182 valence electrons. The minimum atomic E-state index is -0.252. The molecular weight excluding hydrogens is 470 g/mol. The highest BCUT2D eigenvalue weighted by atomic mass is 32.1. The predicted molar refractivity (Wildman–Crippen MR) is 143 cm³/mol. The van der Waals surface area contributed by atoms with Crippen molar-refractivity contribution in [2.75, 3.05) is 19.5 Å². The number of hydrogen-bond acceptors (Lipinski definition) is 6. The molecule has 7 heteroatoms. The molecule has 0 bridgehead atoms. The van der Waals surface area contributed by atoms with E-state index in [0.717, 1.165) is 42.2 Å². The van der Waals surface area contributed by atoms with Crippen molar-refractivity contribution in [3.63, 3.8) is 0 Å². The summed E-state index contributed by atoms with van der Waals surface area (Å²) in [7, 11) is 3.18. The van der Waals surface area contributed by atoms with Gasteiger partial charge in [0.25, 0.3) is 5.91 Å². The molecule has 1 N–H and O–H groups in total. The molecular formula is C29H27N3O3S. The first-order chi connectivity index (χ1) is 17.6.